The monoisotopic (exact) mass is 285 g/mol. The van der Waals surface area contributed by atoms with Gasteiger partial charge in [-0.25, -0.2) is 0 Å². The van der Waals surface area contributed by atoms with E-state index in [1.54, 1.807) is 20.3 Å². The van der Waals surface area contributed by atoms with Crippen LogP contribution in [-0.4, -0.2) is 39.9 Å². The second-order valence-corrected chi connectivity index (χ2v) is 3.93. The SMILES string of the molecule is COC1CN(c2ccccc2[N+]#N)C(OC)CO1.[Cl-]. The molecule has 0 N–H and O–H groups in total. The smallest absolute Gasteiger partial charge is 0.408 e. The maximum atomic E-state index is 9.03. The molecule has 7 heteroatoms. The van der Waals surface area contributed by atoms with E-state index in [1.165, 1.54) is 0 Å². The molecule has 1 aromatic carbocycles. The van der Waals surface area contributed by atoms with Crippen molar-refractivity contribution in [3.63, 3.8) is 0 Å². The zero-order chi connectivity index (χ0) is 13.0. The second-order valence-electron chi connectivity index (χ2n) is 3.93. The molecule has 2 unspecified atom stereocenters. The Morgan fingerprint density at radius 2 is 2.05 bits per heavy atom. The van der Waals surface area contributed by atoms with Crippen molar-refractivity contribution in [1.82, 2.24) is 0 Å². The lowest BCUT2D eigenvalue weighted by Gasteiger charge is -2.38. The fourth-order valence-electron chi connectivity index (χ4n) is 1.99. The van der Waals surface area contributed by atoms with Crippen LogP contribution in [-0.2, 0) is 14.2 Å². The van der Waals surface area contributed by atoms with Crippen LogP contribution in [0, 0.1) is 5.39 Å². The number of diazo groups is 1. The lowest BCUT2D eigenvalue weighted by Crippen LogP contribution is -3.00. The molecule has 104 valence electrons. The minimum atomic E-state index is -0.317. The summed E-state index contributed by atoms with van der Waals surface area (Å²) in [5.74, 6) is 0. The molecular weight excluding hydrogens is 270 g/mol. The van der Waals surface area contributed by atoms with Gasteiger partial charge in [0.1, 0.15) is 5.69 Å². The first-order chi connectivity index (χ1) is 8.80. The van der Waals surface area contributed by atoms with Gasteiger partial charge in [-0.05, 0) is 6.07 Å². The molecule has 0 saturated carbocycles. The summed E-state index contributed by atoms with van der Waals surface area (Å²) in [6, 6.07) is 7.31. The molecule has 1 saturated heterocycles. The molecule has 1 aliphatic heterocycles. The zero-order valence-electron chi connectivity index (χ0n) is 10.8. The number of morpholine rings is 1. The highest BCUT2D eigenvalue weighted by Crippen LogP contribution is 2.31. The molecule has 0 spiro atoms. The average Bonchev–Trinajstić information content (AvgIpc) is 2.46. The first kappa shape index (κ1) is 15.7. The van der Waals surface area contributed by atoms with E-state index in [4.69, 9.17) is 19.6 Å². The Morgan fingerprint density at radius 1 is 1.32 bits per heavy atom. The van der Waals surface area contributed by atoms with Crippen molar-refractivity contribution in [2.24, 2.45) is 0 Å². The average molecular weight is 286 g/mol. The highest BCUT2D eigenvalue weighted by molar-refractivity contribution is 5.70. The van der Waals surface area contributed by atoms with Crippen LogP contribution in [0.3, 0.4) is 0 Å². The standard InChI is InChI=1S/C12H16N3O3.ClH/c1-16-11-8-18-12(17-2)7-15(11)10-6-4-3-5-9(10)14-13;/h3-6,11-12H,7-8H2,1-2H3;1H/q+1;/p-1. The number of ether oxygens (including phenoxy) is 3. The van der Waals surface area contributed by atoms with E-state index < -0.39 is 0 Å². The maximum absolute atomic E-state index is 9.03. The van der Waals surface area contributed by atoms with Gasteiger partial charge in [-0.2, -0.15) is 0 Å². The van der Waals surface area contributed by atoms with Crippen molar-refractivity contribution < 1.29 is 26.6 Å². The Kier molecular flexibility index (Phi) is 5.99. The summed E-state index contributed by atoms with van der Waals surface area (Å²) in [6.07, 6.45) is -0.539. The van der Waals surface area contributed by atoms with Crippen LogP contribution >= 0.6 is 0 Å². The van der Waals surface area contributed by atoms with Gasteiger partial charge in [-0.15, -0.1) is 0 Å². The van der Waals surface area contributed by atoms with Crippen molar-refractivity contribution in [3.8, 4) is 0 Å². The van der Waals surface area contributed by atoms with Gasteiger partial charge in [-0.3, -0.25) is 0 Å². The molecule has 1 aliphatic rings. The molecule has 0 amide bonds. The predicted molar refractivity (Wildman–Crippen MR) is 66.1 cm³/mol. The summed E-state index contributed by atoms with van der Waals surface area (Å²) >= 11 is 0. The van der Waals surface area contributed by atoms with Crippen molar-refractivity contribution in [2.75, 3.05) is 32.3 Å². The number of rotatable bonds is 3. The number of benzene rings is 1. The van der Waals surface area contributed by atoms with Gasteiger partial charge >= 0.3 is 5.69 Å². The van der Waals surface area contributed by atoms with Crippen molar-refractivity contribution in [2.45, 2.75) is 12.5 Å². The van der Waals surface area contributed by atoms with Crippen molar-refractivity contribution in [1.29, 1.82) is 5.39 Å². The minimum Gasteiger partial charge on any atom is -1.00 e. The molecule has 0 bridgehead atoms. The summed E-state index contributed by atoms with van der Waals surface area (Å²) in [7, 11) is 3.21. The van der Waals surface area contributed by atoms with Crippen LogP contribution < -0.4 is 17.3 Å². The van der Waals surface area contributed by atoms with Crippen LogP contribution in [0.25, 0.3) is 4.98 Å². The summed E-state index contributed by atoms with van der Waals surface area (Å²) in [5.41, 5.74) is 1.29. The Balaban J connectivity index is 0.00000180. The Morgan fingerprint density at radius 3 is 2.68 bits per heavy atom. The number of para-hydroxylation sites is 1. The Labute approximate surface area is 118 Å². The molecule has 2 rings (SSSR count). The Hall–Kier alpha value is -1.39. The molecule has 1 fully saturated rings. The summed E-state index contributed by atoms with van der Waals surface area (Å²) < 4.78 is 16.0. The first-order valence-corrected chi connectivity index (χ1v) is 5.68. The van der Waals surface area contributed by atoms with Gasteiger partial charge in [0, 0.05) is 20.3 Å². The van der Waals surface area contributed by atoms with E-state index in [-0.39, 0.29) is 24.9 Å². The zero-order valence-corrected chi connectivity index (χ0v) is 11.6. The first-order valence-electron chi connectivity index (χ1n) is 5.68. The van der Waals surface area contributed by atoms with Gasteiger partial charge in [0.05, 0.1) is 13.2 Å². The van der Waals surface area contributed by atoms with E-state index in [0.717, 1.165) is 5.69 Å². The summed E-state index contributed by atoms with van der Waals surface area (Å²) in [4.78, 5) is 5.25. The second kappa shape index (κ2) is 7.26. The minimum absolute atomic E-state index is 0. The van der Waals surface area contributed by atoms with E-state index in [1.807, 2.05) is 23.1 Å². The van der Waals surface area contributed by atoms with E-state index in [9.17, 15) is 0 Å². The van der Waals surface area contributed by atoms with Gasteiger partial charge in [0.15, 0.2) is 17.5 Å². The fourth-order valence-corrected chi connectivity index (χ4v) is 1.99. The Bertz CT molecular complexity index is 452. The summed E-state index contributed by atoms with van der Waals surface area (Å²) in [6.45, 7) is 0.913. The van der Waals surface area contributed by atoms with Crippen LogP contribution in [0.15, 0.2) is 24.3 Å². The molecule has 6 nitrogen and oxygen atoms in total. The van der Waals surface area contributed by atoms with E-state index in [2.05, 4.69) is 4.98 Å². The topological polar surface area (TPSA) is 59.1 Å². The van der Waals surface area contributed by atoms with Gasteiger partial charge in [0.25, 0.3) is 0 Å². The van der Waals surface area contributed by atoms with Gasteiger partial charge in [-0.1, -0.05) is 12.1 Å². The van der Waals surface area contributed by atoms with Crippen molar-refractivity contribution in [3.05, 3.63) is 29.2 Å². The third-order valence-corrected chi connectivity index (χ3v) is 2.95. The van der Waals surface area contributed by atoms with Crippen LogP contribution in [0.5, 0.6) is 0 Å². The lowest BCUT2D eigenvalue weighted by atomic mass is 10.2. The number of hydrogen-bond donors (Lipinski definition) is 0. The van der Waals surface area contributed by atoms with Crippen molar-refractivity contribution >= 4 is 11.4 Å². The molecule has 1 aromatic rings. The van der Waals surface area contributed by atoms with Crippen LogP contribution in [0.4, 0.5) is 11.4 Å². The number of nitrogens with zero attached hydrogens (tertiary/aromatic N) is 3. The molecule has 1 heterocycles. The normalized spacial score (nSPS) is 22.5. The molecule has 0 radical (unpaired) electrons. The predicted octanol–water partition coefficient (Wildman–Crippen LogP) is -1.04. The third kappa shape index (κ3) is 3.33. The highest BCUT2D eigenvalue weighted by Gasteiger charge is 2.32. The third-order valence-electron chi connectivity index (χ3n) is 2.95. The largest absolute Gasteiger partial charge is 1.00 e. The van der Waals surface area contributed by atoms with E-state index >= 15 is 0 Å². The van der Waals surface area contributed by atoms with Gasteiger partial charge in [0.2, 0.25) is 5.39 Å². The fraction of sp³-hybridized carbons (Fsp3) is 0.500. The van der Waals surface area contributed by atoms with E-state index in [0.29, 0.717) is 18.8 Å². The number of halogens is 1. The van der Waals surface area contributed by atoms with Gasteiger partial charge < -0.3 is 31.5 Å². The summed E-state index contributed by atoms with van der Waals surface area (Å²) in [5, 5.41) is 9.03. The number of anilines is 1. The lowest BCUT2D eigenvalue weighted by molar-refractivity contribution is -0.164. The number of methoxy groups -OCH3 is 2. The molecule has 19 heavy (non-hydrogen) atoms. The number of hydrogen-bond acceptors (Lipinski definition) is 5. The molecule has 0 aliphatic carbocycles. The molecule has 2 atom stereocenters. The van der Waals surface area contributed by atoms with Crippen LogP contribution in [0.2, 0.25) is 0 Å². The quantitative estimate of drug-likeness (QED) is 0.664. The molecule has 0 aromatic heterocycles. The highest BCUT2D eigenvalue weighted by atomic mass is 35.5. The molecular formula is C12H16ClN3O3. The van der Waals surface area contributed by atoms with Crippen LogP contribution in [0.1, 0.15) is 0 Å². The maximum Gasteiger partial charge on any atom is 0.408 e.